The second-order valence-corrected chi connectivity index (χ2v) is 2.63. The van der Waals surface area contributed by atoms with Crippen LogP contribution < -0.4 is 5.73 Å². The minimum Gasteiger partial charge on any atom is -0.402 e. The van der Waals surface area contributed by atoms with E-state index in [0.29, 0.717) is 12.3 Å². The van der Waals surface area contributed by atoms with Crippen molar-refractivity contribution in [2.45, 2.75) is 26.5 Å². The van der Waals surface area contributed by atoms with Crippen molar-refractivity contribution in [3.8, 4) is 0 Å². The molecule has 0 aliphatic rings. The van der Waals surface area contributed by atoms with E-state index in [1.165, 1.54) is 0 Å². The molecule has 10 heavy (non-hydrogen) atoms. The summed E-state index contributed by atoms with van der Waals surface area (Å²) >= 11 is 0. The highest BCUT2D eigenvalue weighted by Crippen LogP contribution is 2.03. The first kappa shape index (κ1) is 9.90. The maximum atomic E-state index is 8.29. The standard InChI is InChI=1S/C5H14BNO3/c1-4(2)3-5(7)10-6(8)9/h4-5,8-9H,3,7H2,1-2H3/t5-/m1/s1. The van der Waals surface area contributed by atoms with E-state index in [4.69, 9.17) is 15.8 Å². The molecule has 0 aromatic heterocycles. The largest absolute Gasteiger partial charge is 0.635 e. The number of rotatable bonds is 4. The third-order valence-electron chi connectivity index (χ3n) is 1.00. The molecule has 0 aliphatic carbocycles. The molecule has 60 valence electrons. The van der Waals surface area contributed by atoms with Gasteiger partial charge >= 0.3 is 7.32 Å². The zero-order chi connectivity index (χ0) is 8.15. The van der Waals surface area contributed by atoms with Crippen LogP contribution in [0.4, 0.5) is 0 Å². The SMILES string of the molecule is CC(C)C[C@H](N)OB(O)O. The van der Waals surface area contributed by atoms with Crippen LogP contribution in [-0.4, -0.2) is 23.6 Å². The Bertz CT molecular complexity index is 79.0. The van der Waals surface area contributed by atoms with E-state index in [2.05, 4.69) is 4.65 Å². The molecule has 0 rings (SSSR count). The maximum absolute atomic E-state index is 8.29. The molecule has 0 aromatic carbocycles. The van der Waals surface area contributed by atoms with E-state index in [1.807, 2.05) is 13.8 Å². The Hall–Kier alpha value is -0.0951. The van der Waals surface area contributed by atoms with Crippen molar-refractivity contribution in [1.29, 1.82) is 0 Å². The summed E-state index contributed by atoms with van der Waals surface area (Å²) in [5, 5.41) is 16.6. The molecule has 4 N–H and O–H groups in total. The fourth-order valence-electron chi connectivity index (χ4n) is 0.677. The van der Waals surface area contributed by atoms with Gasteiger partial charge in [0.2, 0.25) is 0 Å². The van der Waals surface area contributed by atoms with Crippen LogP contribution in [0.25, 0.3) is 0 Å². The van der Waals surface area contributed by atoms with Crippen molar-refractivity contribution in [2.75, 3.05) is 0 Å². The second-order valence-electron chi connectivity index (χ2n) is 2.63. The van der Waals surface area contributed by atoms with Gasteiger partial charge in [-0.3, -0.25) is 0 Å². The first-order valence-electron chi connectivity index (χ1n) is 3.29. The molecular weight excluding hydrogens is 133 g/mol. The Morgan fingerprint density at radius 3 is 2.30 bits per heavy atom. The summed E-state index contributed by atoms with van der Waals surface area (Å²) in [5.41, 5.74) is 5.33. The lowest BCUT2D eigenvalue weighted by molar-refractivity contribution is 0.107. The molecule has 0 aromatic rings. The average Bonchev–Trinajstić information content (AvgIpc) is 1.58. The summed E-state index contributed by atoms with van der Waals surface area (Å²) in [6.45, 7) is 3.96. The van der Waals surface area contributed by atoms with Gasteiger partial charge in [0.15, 0.2) is 0 Å². The summed E-state index contributed by atoms with van der Waals surface area (Å²) in [4.78, 5) is 0. The lowest BCUT2D eigenvalue weighted by Gasteiger charge is -2.13. The predicted octanol–water partition coefficient (Wildman–Crippen LogP) is -0.697. The molecule has 0 fully saturated rings. The lowest BCUT2D eigenvalue weighted by atomic mass is 10.1. The molecular formula is C5H14BNO3. The summed E-state index contributed by atoms with van der Waals surface area (Å²) < 4.78 is 4.45. The zero-order valence-electron chi connectivity index (χ0n) is 6.32. The quantitative estimate of drug-likeness (QED) is 0.363. The molecule has 4 nitrogen and oxygen atoms in total. The molecule has 0 saturated heterocycles. The van der Waals surface area contributed by atoms with Crippen molar-refractivity contribution in [1.82, 2.24) is 0 Å². The van der Waals surface area contributed by atoms with Crippen LogP contribution >= 0.6 is 0 Å². The first-order chi connectivity index (χ1) is 4.52. The summed E-state index contributed by atoms with van der Waals surface area (Å²) in [6, 6.07) is 0. The van der Waals surface area contributed by atoms with Crippen LogP contribution in [0.5, 0.6) is 0 Å². The Balaban J connectivity index is 3.34. The molecule has 1 atom stereocenters. The predicted molar refractivity (Wildman–Crippen MR) is 38.7 cm³/mol. The Labute approximate surface area is 61.2 Å². The molecule has 0 radical (unpaired) electrons. The highest BCUT2D eigenvalue weighted by molar-refractivity contribution is 6.32. The van der Waals surface area contributed by atoms with Gasteiger partial charge in [-0.2, -0.15) is 0 Å². The van der Waals surface area contributed by atoms with Gasteiger partial charge in [-0.25, -0.2) is 0 Å². The van der Waals surface area contributed by atoms with Crippen molar-refractivity contribution in [3.05, 3.63) is 0 Å². The van der Waals surface area contributed by atoms with E-state index in [0.717, 1.165) is 0 Å². The molecule has 5 heteroatoms. The minimum atomic E-state index is -1.76. The van der Waals surface area contributed by atoms with E-state index in [9.17, 15) is 0 Å². The molecule has 0 spiro atoms. The van der Waals surface area contributed by atoms with E-state index < -0.39 is 13.5 Å². The van der Waals surface area contributed by atoms with Gasteiger partial charge in [0, 0.05) is 0 Å². The highest BCUT2D eigenvalue weighted by atomic mass is 16.6. The minimum absolute atomic E-state index is 0.397. The van der Waals surface area contributed by atoms with Gasteiger partial charge in [0.25, 0.3) is 0 Å². The number of nitrogens with two attached hydrogens (primary N) is 1. The lowest BCUT2D eigenvalue weighted by Crippen LogP contribution is -2.33. The van der Waals surface area contributed by atoms with E-state index in [-0.39, 0.29) is 0 Å². The van der Waals surface area contributed by atoms with Crippen LogP contribution in [0, 0.1) is 5.92 Å². The molecule has 0 aliphatic heterocycles. The third-order valence-corrected chi connectivity index (χ3v) is 1.00. The summed E-state index contributed by atoms with van der Waals surface area (Å²) in [5.74, 6) is 0.397. The normalized spacial score (nSPS) is 13.8. The van der Waals surface area contributed by atoms with Gasteiger partial charge in [0.1, 0.15) is 0 Å². The topological polar surface area (TPSA) is 75.7 Å². The van der Waals surface area contributed by atoms with Gasteiger partial charge < -0.3 is 20.4 Å². The van der Waals surface area contributed by atoms with Crippen molar-refractivity contribution < 1.29 is 14.7 Å². The summed E-state index contributed by atoms with van der Waals surface area (Å²) in [6.07, 6.45) is 0.0393. The molecule has 0 bridgehead atoms. The van der Waals surface area contributed by atoms with Crippen LogP contribution in [0.3, 0.4) is 0 Å². The van der Waals surface area contributed by atoms with Gasteiger partial charge in [-0.15, -0.1) is 0 Å². The van der Waals surface area contributed by atoms with Crippen LogP contribution in [0.15, 0.2) is 0 Å². The second kappa shape index (κ2) is 4.68. The van der Waals surface area contributed by atoms with Gasteiger partial charge in [-0.1, -0.05) is 13.8 Å². The van der Waals surface area contributed by atoms with E-state index >= 15 is 0 Å². The third kappa shape index (κ3) is 6.03. The van der Waals surface area contributed by atoms with Crippen LogP contribution in [0.2, 0.25) is 0 Å². The maximum Gasteiger partial charge on any atom is 0.635 e. The average molecular weight is 147 g/mol. The fraction of sp³-hybridized carbons (Fsp3) is 1.00. The smallest absolute Gasteiger partial charge is 0.402 e. The van der Waals surface area contributed by atoms with Crippen LogP contribution in [0.1, 0.15) is 20.3 Å². The molecule has 0 amide bonds. The number of hydrogen-bond donors (Lipinski definition) is 3. The summed E-state index contributed by atoms with van der Waals surface area (Å²) in [7, 11) is -1.76. The van der Waals surface area contributed by atoms with Gasteiger partial charge in [-0.05, 0) is 12.3 Å². The van der Waals surface area contributed by atoms with E-state index in [1.54, 1.807) is 0 Å². The van der Waals surface area contributed by atoms with Crippen molar-refractivity contribution >= 4 is 7.32 Å². The molecule has 0 unspecified atom stereocenters. The van der Waals surface area contributed by atoms with Crippen molar-refractivity contribution in [3.63, 3.8) is 0 Å². The Morgan fingerprint density at radius 1 is 1.50 bits per heavy atom. The zero-order valence-corrected chi connectivity index (χ0v) is 6.32. The Kier molecular flexibility index (Phi) is 4.63. The van der Waals surface area contributed by atoms with Crippen LogP contribution in [-0.2, 0) is 4.65 Å². The van der Waals surface area contributed by atoms with Gasteiger partial charge in [0.05, 0.1) is 6.23 Å². The first-order valence-corrected chi connectivity index (χ1v) is 3.29. The fourth-order valence-corrected chi connectivity index (χ4v) is 0.677. The molecule has 0 saturated carbocycles. The monoisotopic (exact) mass is 147 g/mol. The van der Waals surface area contributed by atoms with Crippen molar-refractivity contribution in [2.24, 2.45) is 11.7 Å². The highest BCUT2D eigenvalue weighted by Gasteiger charge is 2.14. The Morgan fingerprint density at radius 2 is 2.00 bits per heavy atom. The number of hydrogen-bond acceptors (Lipinski definition) is 4. The molecule has 0 heterocycles.